The number of ether oxygens (including phenoxy) is 1. The third-order valence-electron chi connectivity index (χ3n) is 5.43. The molecule has 2 aromatic heterocycles. The summed E-state index contributed by atoms with van der Waals surface area (Å²) in [6.45, 7) is 0.826. The van der Waals surface area contributed by atoms with Crippen LogP contribution in [0.3, 0.4) is 0 Å². The number of nitrogens with one attached hydrogen (secondary N) is 1. The van der Waals surface area contributed by atoms with Gasteiger partial charge >= 0.3 is 6.01 Å². The molecule has 3 aromatic rings. The molecule has 0 saturated carbocycles. The molecule has 1 saturated heterocycles. The smallest absolute Gasteiger partial charge is 0.321 e. The van der Waals surface area contributed by atoms with Gasteiger partial charge in [0.25, 0.3) is 5.91 Å². The van der Waals surface area contributed by atoms with Gasteiger partial charge in [-0.25, -0.2) is 9.97 Å². The van der Waals surface area contributed by atoms with Crippen molar-refractivity contribution in [2.24, 2.45) is 0 Å². The van der Waals surface area contributed by atoms with Gasteiger partial charge in [0.1, 0.15) is 11.2 Å². The number of rotatable bonds is 5. The molecule has 4 rings (SSSR count). The monoisotopic (exact) mass is 417 g/mol. The predicted octanol–water partition coefficient (Wildman–Crippen LogP) is 2.58. The summed E-state index contributed by atoms with van der Waals surface area (Å²) in [6, 6.07) is 14.3. The first-order chi connectivity index (χ1) is 15.1. The van der Waals surface area contributed by atoms with Crippen LogP contribution in [-0.2, 0) is 10.2 Å². The summed E-state index contributed by atoms with van der Waals surface area (Å²) in [5.41, 5.74) is 0.267. The third kappa shape index (κ3) is 4.23. The number of likely N-dealkylation sites (N-methyl/N-ethyl adjacent to an activating group) is 1. The summed E-state index contributed by atoms with van der Waals surface area (Å²) in [7, 11) is 1.61. The molecule has 1 aliphatic rings. The Morgan fingerprint density at radius 1 is 1.03 bits per heavy atom. The number of hydrogen-bond donors (Lipinski definition) is 1. The van der Waals surface area contributed by atoms with Crippen LogP contribution in [0, 0.1) is 0 Å². The molecule has 158 valence electrons. The Balaban J connectivity index is 1.59. The molecule has 2 amide bonds. The summed E-state index contributed by atoms with van der Waals surface area (Å²) in [6.07, 6.45) is 6.17. The normalized spacial score (nSPS) is 18.3. The molecule has 1 unspecified atom stereocenters. The first kappa shape index (κ1) is 20.5. The molecule has 31 heavy (non-hydrogen) atoms. The predicted molar refractivity (Wildman–Crippen MR) is 114 cm³/mol. The maximum absolute atomic E-state index is 13.3. The van der Waals surface area contributed by atoms with Crippen molar-refractivity contribution >= 4 is 11.8 Å². The van der Waals surface area contributed by atoms with E-state index in [4.69, 9.17) is 4.74 Å². The molecule has 8 nitrogen and oxygen atoms in total. The lowest BCUT2D eigenvalue weighted by molar-refractivity contribution is -0.128. The van der Waals surface area contributed by atoms with E-state index in [1.54, 1.807) is 60.9 Å². The largest absolute Gasteiger partial charge is 0.424 e. The fourth-order valence-corrected chi connectivity index (χ4v) is 3.94. The van der Waals surface area contributed by atoms with Crippen molar-refractivity contribution < 1.29 is 14.3 Å². The van der Waals surface area contributed by atoms with Crippen molar-refractivity contribution in [3.8, 4) is 11.8 Å². The molecular weight excluding hydrogens is 394 g/mol. The summed E-state index contributed by atoms with van der Waals surface area (Å²) >= 11 is 0. The van der Waals surface area contributed by atoms with Gasteiger partial charge in [-0.05, 0) is 49.2 Å². The number of nitrogens with zero attached hydrogens (tertiary/aromatic N) is 4. The van der Waals surface area contributed by atoms with E-state index in [0.29, 0.717) is 36.4 Å². The van der Waals surface area contributed by atoms with Gasteiger partial charge in [-0.15, -0.1) is 0 Å². The third-order valence-corrected chi connectivity index (χ3v) is 5.43. The topological polar surface area (TPSA) is 97.3 Å². The van der Waals surface area contributed by atoms with E-state index in [1.807, 2.05) is 18.2 Å². The minimum absolute atomic E-state index is 0.137. The minimum Gasteiger partial charge on any atom is -0.424 e. The van der Waals surface area contributed by atoms with Crippen LogP contribution in [-0.4, -0.2) is 51.8 Å². The van der Waals surface area contributed by atoms with E-state index >= 15 is 0 Å². The molecule has 1 fully saturated rings. The van der Waals surface area contributed by atoms with Crippen LogP contribution >= 0.6 is 0 Å². The van der Waals surface area contributed by atoms with Gasteiger partial charge in [-0.2, -0.15) is 0 Å². The molecule has 0 bridgehead atoms. The van der Waals surface area contributed by atoms with Gasteiger partial charge in [0.15, 0.2) is 0 Å². The fraction of sp³-hybridized carbons (Fsp3) is 0.261. The number of likely N-dealkylation sites (tertiary alicyclic amines) is 1. The molecule has 1 aromatic carbocycles. The van der Waals surface area contributed by atoms with Gasteiger partial charge < -0.3 is 15.0 Å². The summed E-state index contributed by atoms with van der Waals surface area (Å²) in [5.74, 6) is 0.168. The number of aromatic nitrogens is 3. The average molecular weight is 417 g/mol. The summed E-state index contributed by atoms with van der Waals surface area (Å²) in [5, 5.41) is 2.76. The second kappa shape index (κ2) is 8.91. The van der Waals surface area contributed by atoms with Gasteiger partial charge in [0.2, 0.25) is 5.91 Å². The highest BCUT2D eigenvalue weighted by Crippen LogP contribution is 2.34. The molecule has 1 atom stereocenters. The van der Waals surface area contributed by atoms with E-state index in [-0.39, 0.29) is 24.4 Å². The Kier molecular flexibility index (Phi) is 5.88. The van der Waals surface area contributed by atoms with Crippen LogP contribution in [0.4, 0.5) is 0 Å². The van der Waals surface area contributed by atoms with Crippen molar-refractivity contribution in [2.75, 3.05) is 20.1 Å². The number of amides is 2. The first-order valence-electron chi connectivity index (χ1n) is 10.1. The zero-order valence-electron chi connectivity index (χ0n) is 17.2. The number of carbonyl (C=O) groups excluding carboxylic acids is 2. The second-order valence-electron chi connectivity index (χ2n) is 7.37. The van der Waals surface area contributed by atoms with Crippen LogP contribution in [0.2, 0.25) is 0 Å². The lowest BCUT2D eigenvalue weighted by Gasteiger charge is -2.41. The van der Waals surface area contributed by atoms with Crippen LogP contribution in [0.25, 0.3) is 0 Å². The van der Waals surface area contributed by atoms with Gasteiger partial charge in [0, 0.05) is 44.3 Å². The van der Waals surface area contributed by atoms with Crippen molar-refractivity contribution in [1.82, 2.24) is 25.2 Å². The SMILES string of the molecule is CNC(=O)C1(c2ccccn2)CCCN(C(=O)c2cccc(Oc3ncccn3)c2)C1. The zero-order valence-corrected chi connectivity index (χ0v) is 17.2. The minimum atomic E-state index is -0.879. The molecule has 0 aliphatic carbocycles. The molecule has 1 aliphatic heterocycles. The number of piperidine rings is 1. The van der Waals surface area contributed by atoms with Gasteiger partial charge in [-0.3, -0.25) is 14.6 Å². The highest BCUT2D eigenvalue weighted by Gasteiger charge is 2.45. The number of carbonyl (C=O) groups is 2. The second-order valence-corrected chi connectivity index (χ2v) is 7.37. The molecule has 0 radical (unpaired) electrons. The van der Waals surface area contributed by atoms with Gasteiger partial charge in [0.05, 0.1) is 5.69 Å². The molecule has 0 spiro atoms. The number of hydrogen-bond acceptors (Lipinski definition) is 6. The Morgan fingerprint density at radius 3 is 2.58 bits per heavy atom. The maximum Gasteiger partial charge on any atom is 0.321 e. The summed E-state index contributed by atoms with van der Waals surface area (Å²) < 4.78 is 5.66. The van der Waals surface area contributed by atoms with E-state index in [0.717, 1.165) is 0 Å². The highest BCUT2D eigenvalue weighted by atomic mass is 16.5. The van der Waals surface area contributed by atoms with E-state index in [9.17, 15) is 9.59 Å². The number of benzene rings is 1. The van der Waals surface area contributed by atoms with Crippen molar-refractivity contribution in [3.63, 3.8) is 0 Å². The Bertz CT molecular complexity index is 1060. The van der Waals surface area contributed by atoms with Crippen molar-refractivity contribution in [1.29, 1.82) is 0 Å². The Labute approximate surface area is 180 Å². The molecule has 8 heteroatoms. The fourth-order valence-electron chi connectivity index (χ4n) is 3.94. The lowest BCUT2D eigenvalue weighted by atomic mass is 9.75. The summed E-state index contributed by atoms with van der Waals surface area (Å²) in [4.78, 5) is 40.5. The molecular formula is C23H23N5O3. The Morgan fingerprint density at radius 2 is 1.84 bits per heavy atom. The van der Waals surface area contributed by atoms with E-state index in [2.05, 4.69) is 20.3 Å². The van der Waals surface area contributed by atoms with E-state index < -0.39 is 5.41 Å². The van der Waals surface area contributed by atoms with Crippen LogP contribution < -0.4 is 10.1 Å². The Hall–Kier alpha value is -3.81. The standard InChI is InChI=1S/C23H23N5O3/c1-24-21(30)23(19-9-2-3-11-25-19)10-5-14-28(16-23)20(29)17-7-4-8-18(15-17)31-22-26-12-6-13-27-22/h2-4,6-9,11-13,15H,5,10,14,16H2,1H3,(H,24,30). The first-order valence-corrected chi connectivity index (χ1v) is 10.1. The van der Waals surface area contributed by atoms with Crippen molar-refractivity contribution in [3.05, 3.63) is 78.4 Å². The maximum atomic E-state index is 13.3. The molecule has 3 heterocycles. The van der Waals surface area contributed by atoms with Crippen LogP contribution in [0.15, 0.2) is 67.1 Å². The lowest BCUT2D eigenvalue weighted by Crippen LogP contribution is -2.56. The molecule has 1 N–H and O–H groups in total. The number of pyridine rings is 1. The average Bonchev–Trinajstić information content (AvgIpc) is 2.84. The van der Waals surface area contributed by atoms with Gasteiger partial charge in [-0.1, -0.05) is 12.1 Å². The van der Waals surface area contributed by atoms with E-state index in [1.165, 1.54) is 0 Å². The highest BCUT2D eigenvalue weighted by molar-refractivity contribution is 5.96. The van der Waals surface area contributed by atoms with Crippen LogP contribution in [0.5, 0.6) is 11.8 Å². The van der Waals surface area contributed by atoms with Crippen LogP contribution in [0.1, 0.15) is 28.9 Å². The van der Waals surface area contributed by atoms with Crippen molar-refractivity contribution in [2.45, 2.75) is 18.3 Å². The quantitative estimate of drug-likeness (QED) is 0.685. The zero-order chi connectivity index (χ0) is 21.7.